The monoisotopic (exact) mass is 297 g/mol. The molecule has 0 radical (unpaired) electrons. The summed E-state index contributed by atoms with van der Waals surface area (Å²) in [6, 6.07) is 0. The van der Waals surface area contributed by atoms with E-state index in [0.29, 0.717) is 5.88 Å². The lowest BCUT2D eigenvalue weighted by Crippen LogP contribution is -2.39. The fourth-order valence-corrected chi connectivity index (χ4v) is 3.62. The van der Waals surface area contributed by atoms with Crippen LogP contribution in [0.15, 0.2) is 6.33 Å². The fraction of sp³-hybridized carbons (Fsp3) is 0.571. The normalized spacial score (nSPS) is 12.1. The average molecular weight is 298 g/mol. The van der Waals surface area contributed by atoms with Gasteiger partial charge in [0.2, 0.25) is 0 Å². The summed E-state index contributed by atoms with van der Waals surface area (Å²) in [4.78, 5) is 11.1. The smallest absolute Gasteiger partial charge is 0.138 e. The molecule has 2 heterocycles. The van der Waals surface area contributed by atoms with E-state index in [4.69, 9.17) is 11.6 Å². The lowest BCUT2D eigenvalue weighted by molar-refractivity contribution is 0.483. The Balaban J connectivity index is 2.51. The topological polar surface area (TPSA) is 37.8 Å². The highest BCUT2D eigenvalue weighted by Gasteiger charge is 2.26. The molecule has 0 aliphatic rings. The van der Waals surface area contributed by atoms with E-state index < -0.39 is 0 Å². The van der Waals surface area contributed by atoms with Crippen LogP contribution < -0.4 is 5.32 Å². The maximum atomic E-state index is 6.17. The highest BCUT2D eigenvalue weighted by Crippen LogP contribution is 2.34. The first-order valence-electron chi connectivity index (χ1n) is 6.61. The Hall–Kier alpha value is -0.870. The number of hydrogen-bond acceptors (Lipinski definition) is 4. The Morgan fingerprint density at radius 3 is 2.53 bits per heavy atom. The van der Waals surface area contributed by atoms with E-state index in [1.54, 1.807) is 17.7 Å². The molecule has 0 bridgehead atoms. The van der Waals surface area contributed by atoms with Gasteiger partial charge < -0.3 is 5.32 Å². The number of thiophene rings is 1. The molecule has 0 aliphatic heterocycles. The van der Waals surface area contributed by atoms with Crippen LogP contribution in [-0.4, -0.2) is 21.4 Å². The molecule has 0 saturated heterocycles. The maximum Gasteiger partial charge on any atom is 0.138 e. The van der Waals surface area contributed by atoms with E-state index in [1.807, 2.05) is 0 Å². The summed E-state index contributed by atoms with van der Waals surface area (Å²) in [5.41, 5.74) is 1.17. The van der Waals surface area contributed by atoms with Crippen molar-refractivity contribution in [2.24, 2.45) is 0 Å². The Morgan fingerprint density at radius 1 is 1.26 bits per heavy atom. The third-order valence-electron chi connectivity index (χ3n) is 3.96. The molecule has 0 saturated carbocycles. The van der Waals surface area contributed by atoms with E-state index in [-0.39, 0.29) is 5.54 Å². The largest absolute Gasteiger partial charge is 0.363 e. The van der Waals surface area contributed by atoms with Crippen molar-refractivity contribution in [2.45, 2.75) is 46.1 Å². The predicted molar refractivity (Wildman–Crippen MR) is 84.5 cm³/mol. The molecule has 2 rings (SSSR count). The molecule has 104 valence electrons. The summed E-state index contributed by atoms with van der Waals surface area (Å²) in [5, 5.41) is 4.70. The second kappa shape index (κ2) is 5.63. The number of halogens is 1. The van der Waals surface area contributed by atoms with Crippen molar-refractivity contribution < 1.29 is 0 Å². The van der Waals surface area contributed by atoms with E-state index in [9.17, 15) is 0 Å². The molecule has 19 heavy (non-hydrogen) atoms. The number of fused-ring (bicyclic) bond motifs is 1. The fourth-order valence-electron chi connectivity index (χ4n) is 2.18. The number of rotatable bonds is 5. The molecule has 0 unspecified atom stereocenters. The van der Waals surface area contributed by atoms with Crippen LogP contribution in [0.25, 0.3) is 10.2 Å². The molecule has 0 spiro atoms. The van der Waals surface area contributed by atoms with Crippen LogP contribution >= 0.6 is 22.9 Å². The maximum absolute atomic E-state index is 6.17. The lowest BCUT2D eigenvalue weighted by Gasteiger charge is -2.31. The van der Waals surface area contributed by atoms with Gasteiger partial charge in [0.1, 0.15) is 17.0 Å². The van der Waals surface area contributed by atoms with Gasteiger partial charge in [0.05, 0.1) is 10.9 Å². The Bertz CT molecular complexity index is 567. The molecule has 0 fully saturated rings. The first-order valence-corrected chi connectivity index (χ1v) is 7.97. The third kappa shape index (κ3) is 2.56. The molecule has 2 aromatic heterocycles. The number of aryl methyl sites for hydroxylation is 2. The highest BCUT2D eigenvalue weighted by atomic mass is 35.5. The Morgan fingerprint density at radius 2 is 1.95 bits per heavy atom. The first kappa shape index (κ1) is 14.5. The summed E-state index contributed by atoms with van der Waals surface area (Å²) in [7, 11) is 0. The lowest BCUT2D eigenvalue weighted by atomic mass is 9.95. The second-order valence-corrected chi connectivity index (χ2v) is 6.40. The third-order valence-corrected chi connectivity index (χ3v) is 5.59. The van der Waals surface area contributed by atoms with Crippen molar-refractivity contribution in [1.82, 2.24) is 9.97 Å². The van der Waals surface area contributed by atoms with Crippen molar-refractivity contribution in [2.75, 3.05) is 11.2 Å². The van der Waals surface area contributed by atoms with Gasteiger partial charge in [-0.3, -0.25) is 0 Å². The Kier molecular flexibility index (Phi) is 4.31. The minimum atomic E-state index is -0.0921. The minimum absolute atomic E-state index is 0.0921. The zero-order valence-electron chi connectivity index (χ0n) is 11.9. The molecule has 0 aromatic carbocycles. The minimum Gasteiger partial charge on any atom is -0.363 e. The summed E-state index contributed by atoms with van der Waals surface area (Å²) in [5.74, 6) is 1.49. The van der Waals surface area contributed by atoms with Crippen molar-refractivity contribution in [3.8, 4) is 0 Å². The second-order valence-electron chi connectivity index (χ2n) is 4.93. The summed E-state index contributed by atoms with van der Waals surface area (Å²) in [6.45, 7) is 8.56. The Labute approximate surface area is 123 Å². The van der Waals surface area contributed by atoms with E-state index in [0.717, 1.165) is 28.9 Å². The molecule has 0 aliphatic carbocycles. The van der Waals surface area contributed by atoms with Crippen LogP contribution in [0, 0.1) is 13.8 Å². The van der Waals surface area contributed by atoms with Crippen LogP contribution in [0.4, 0.5) is 5.82 Å². The highest BCUT2D eigenvalue weighted by molar-refractivity contribution is 7.18. The molecule has 3 nitrogen and oxygen atoms in total. The summed E-state index contributed by atoms with van der Waals surface area (Å²) >= 11 is 7.88. The van der Waals surface area contributed by atoms with Gasteiger partial charge in [-0.25, -0.2) is 9.97 Å². The van der Waals surface area contributed by atoms with Gasteiger partial charge in [-0.1, -0.05) is 13.8 Å². The number of hydrogen-bond donors (Lipinski definition) is 1. The predicted octanol–water partition coefficient (Wildman–Crippen LogP) is 4.52. The molecule has 0 amide bonds. The van der Waals surface area contributed by atoms with Gasteiger partial charge in [0, 0.05) is 10.8 Å². The summed E-state index contributed by atoms with van der Waals surface area (Å²) in [6.07, 6.45) is 3.58. The van der Waals surface area contributed by atoms with Crippen LogP contribution in [-0.2, 0) is 0 Å². The van der Waals surface area contributed by atoms with Crippen molar-refractivity contribution in [3.05, 3.63) is 16.8 Å². The van der Waals surface area contributed by atoms with E-state index >= 15 is 0 Å². The molecule has 0 atom stereocenters. The molecular weight excluding hydrogens is 278 g/mol. The zero-order valence-corrected chi connectivity index (χ0v) is 13.5. The van der Waals surface area contributed by atoms with Gasteiger partial charge in [-0.05, 0) is 32.3 Å². The van der Waals surface area contributed by atoms with Crippen LogP contribution in [0.2, 0.25) is 0 Å². The van der Waals surface area contributed by atoms with Crippen LogP contribution in [0.5, 0.6) is 0 Å². The number of aromatic nitrogens is 2. The van der Waals surface area contributed by atoms with Crippen molar-refractivity contribution in [1.29, 1.82) is 0 Å². The standard InChI is InChI=1S/C14H20ClN3S/c1-5-14(6-2,7-15)18-12-11-9(3)10(4)19-13(11)17-8-16-12/h8H,5-7H2,1-4H3,(H,16,17,18). The quantitative estimate of drug-likeness (QED) is 0.825. The molecular formula is C14H20ClN3S. The SMILES string of the molecule is CCC(CC)(CCl)Nc1ncnc2sc(C)c(C)c12. The zero-order chi connectivity index (χ0) is 14.0. The van der Waals surface area contributed by atoms with Gasteiger partial charge in [-0.15, -0.1) is 22.9 Å². The van der Waals surface area contributed by atoms with Crippen molar-refractivity contribution in [3.63, 3.8) is 0 Å². The number of nitrogens with zero attached hydrogens (tertiary/aromatic N) is 2. The van der Waals surface area contributed by atoms with E-state index in [1.165, 1.54) is 10.4 Å². The van der Waals surface area contributed by atoms with E-state index in [2.05, 4.69) is 43.0 Å². The average Bonchev–Trinajstić information content (AvgIpc) is 2.73. The number of nitrogens with one attached hydrogen (secondary N) is 1. The number of alkyl halides is 1. The summed E-state index contributed by atoms with van der Waals surface area (Å²) < 4.78 is 0. The molecule has 5 heteroatoms. The number of anilines is 1. The van der Waals surface area contributed by atoms with Crippen molar-refractivity contribution >= 4 is 39.0 Å². The van der Waals surface area contributed by atoms with Gasteiger partial charge in [0.25, 0.3) is 0 Å². The van der Waals surface area contributed by atoms with Crippen LogP contribution in [0.3, 0.4) is 0 Å². The molecule has 1 N–H and O–H groups in total. The van der Waals surface area contributed by atoms with Crippen LogP contribution in [0.1, 0.15) is 37.1 Å². The first-order chi connectivity index (χ1) is 9.06. The molecule has 2 aromatic rings. The van der Waals surface area contributed by atoms with Gasteiger partial charge in [-0.2, -0.15) is 0 Å². The van der Waals surface area contributed by atoms with Gasteiger partial charge in [0.15, 0.2) is 0 Å². The van der Waals surface area contributed by atoms with Gasteiger partial charge >= 0.3 is 0 Å².